The van der Waals surface area contributed by atoms with Gasteiger partial charge in [-0.15, -0.1) is 0 Å². The molecule has 2 heterocycles. The Balaban J connectivity index is 1.77. The van der Waals surface area contributed by atoms with Gasteiger partial charge in [0.25, 0.3) is 0 Å². The van der Waals surface area contributed by atoms with Crippen molar-refractivity contribution in [2.45, 2.75) is 51.5 Å². The lowest BCUT2D eigenvalue weighted by molar-refractivity contribution is -0.135. The monoisotopic (exact) mass is 349 g/mol. The van der Waals surface area contributed by atoms with Gasteiger partial charge in [0.1, 0.15) is 0 Å². The first-order valence-corrected chi connectivity index (χ1v) is 10.6. The third kappa shape index (κ3) is 3.51. The third-order valence-electron chi connectivity index (χ3n) is 5.28. The second-order valence-corrected chi connectivity index (χ2v) is 10.4. The van der Waals surface area contributed by atoms with Crippen molar-refractivity contribution in [2.75, 3.05) is 18.1 Å². The molecule has 2 aliphatic rings. The molecule has 132 valence electrons. The standard InChI is InChI=1S/C19H27NO3S/c1-19(2,3)16-8-6-14(7-9-16)17-5-4-11-20(17)18(21)15-10-12-24(22,23)13-15/h6-9,15,17H,4-5,10-13H2,1-3H3/t15-,17+/m1/s1. The van der Waals surface area contributed by atoms with E-state index in [-0.39, 0.29) is 34.8 Å². The van der Waals surface area contributed by atoms with Crippen LogP contribution in [0.1, 0.15) is 57.2 Å². The van der Waals surface area contributed by atoms with Crippen molar-refractivity contribution in [3.8, 4) is 0 Å². The lowest BCUT2D eigenvalue weighted by atomic mass is 9.86. The number of benzene rings is 1. The Morgan fingerprint density at radius 2 is 1.79 bits per heavy atom. The van der Waals surface area contributed by atoms with Crippen LogP contribution in [0, 0.1) is 5.92 Å². The van der Waals surface area contributed by atoms with Gasteiger partial charge in [0.15, 0.2) is 9.84 Å². The topological polar surface area (TPSA) is 54.5 Å². The molecular weight excluding hydrogens is 322 g/mol. The highest BCUT2D eigenvalue weighted by atomic mass is 32.2. The summed E-state index contributed by atoms with van der Waals surface area (Å²) >= 11 is 0. The number of rotatable bonds is 2. The summed E-state index contributed by atoms with van der Waals surface area (Å²) in [4.78, 5) is 14.7. The summed E-state index contributed by atoms with van der Waals surface area (Å²) in [5, 5.41) is 0. The Hall–Kier alpha value is -1.36. The van der Waals surface area contributed by atoms with Crippen LogP contribution in [0.25, 0.3) is 0 Å². The second kappa shape index (κ2) is 6.17. The van der Waals surface area contributed by atoms with E-state index in [9.17, 15) is 13.2 Å². The highest BCUT2D eigenvalue weighted by Gasteiger charge is 2.39. The van der Waals surface area contributed by atoms with Crippen molar-refractivity contribution >= 4 is 15.7 Å². The molecule has 3 rings (SSSR count). The van der Waals surface area contributed by atoms with Gasteiger partial charge in [-0.25, -0.2) is 8.42 Å². The Labute approximate surface area is 145 Å². The van der Waals surface area contributed by atoms with Crippen LogP contribution < -0.4 is 0 Å². The van der Waals surface area contributed by atoms with E-state index < -0.39 is 9.84 Å². The summed E-state index contributed by atoms with van der Waals surface area (Å²) < 4.78 is 23.3. The zero-order valence-corrected chi connectivity index (χ0v) is 15.6. The fraction of sp³-hybridized carbons (Fsp3) is 0.632. The van der Waals surface area contributed by atoms with Crippen molar-refractivity contribution in [1.29, 1.82) is 0 Å². The van der Waals surface area contributed by atoms with E-state index in [0.29, 0.717) is 6.42 Å². The molecule has 2 aliphatic heterocycles. The van der Waals surface area contributed by atoms with Gasteiger partial charge in [-0.05, 0) is 35.8 Å². The quantitative estimate of drug-likeness (QED) is 0.824. The number of nitrogens with zero attached hydrogens (tertiary/aromatic N) is 1. The van der Waals surface area contributed by atoms with E-state index in [1.807, 2.05) is 4.90 Å². The molecule has 0 saturated carbocycles. The van der Waals surface area contributed by atoms with Crippen molar-refractivity contribution < 1.29 is 13.2 Å². The number of carbonyl (C=O) groups is 1. The predicted octanol–water partition coefficient (Wildman–Crippen LogP) is 3.08. The molecule has 4 nitrogen and oxygen atoms in total. The maximum Gasteiger partial charge on any atom is 0.227 e. The van der Waals surface area contributed by atoms with Gasteiger partial charge < -0.3 is 4.90 Å². The van der Waals surface area contributed by atoms with Crippen LogP contribution in [0.5, 0.6) is 0 Å². The van der Waals surface area contributed by atoms with Crippen LogP contribution in [0.4, 0.5) is 0 Å². The summed E-state index contributed by atoms with van der Waals surface area (Å²) in [5.41, 5.74) is 2.56. The molecule has 24 heavy (non-hydrogen) atoms. The van der Waals surface area contributed by atoms with E-state index >= 15 is 0 Å². The first-order chi connectivity index (χ1) is 11.2. The molecule has 0 aliphatic carbocycles. The SMILES string of the molecule is CC(C)(C)c1ccc([C@@H]2CCCN2C(=O)[C@@H]2CCS(=O)(=O)C2)cc1. The van der Waals surface area contributed by atoms with E-state index in [1.54, 1.807) is 0 Å². The smallest absolute Gasteiger partial charge is 0.227 e. The Morgan fingerprint density at radius 1 is 1.12 bits per heavy atom. The maximum absolute atomic E-state index is 12.8. The van der Waals surface area contributed by atoms with E-state index in [2.05, 4.69) is 45.0 Å². The summed E-state index contributed by atoms with van der Waals surface area (Å²) in [7, 11) is -3.02. The van der Waals surface area contributed by atoms with Crippen LogP contribution in [-0.2, 0) is 20.0 Å². The van der Waals surface area contributed by atoms with Crippen LogP contribution >= 0.6 is 0 Å². The molecule has 2 fully saturated rings. The Bertz CT molecular complexity index is 716. The first kappa shape index (κ1) is 17.5. The highest BCUT2D eigenvalue weighted by Crippen LogP contribution is 2.35. The highest BCUT2D eigenvalue weighted by molar-refractivity contribution is 7.91. The van der Waals surface area contributed by atoms with Crippen molar-refractivity contribution in [3.63, 3.8) is 0 Å². The normalized spacial score (nSPS) is 26.7. The van der Waals surface area contributed by atoms with Gasteiger partial charge in [-0.1, -0.05) is 45.0 Å². The predicted molar refractivity (Wildman–Crippen MR) is 95.6 cm³/mol. The average molecular weight is 349 g/mol. The van der Waals surface area contributed by atoms with Crippen LogP contribution in [0.2, 0.25) is 0 Å². The summed E-state index contributed by atoms with van der Waals surface area (Å²) in [6, 6.07) is 8.65. The lowest BCUT2D eigenvalue weighted by Gasteiger charge is -2.28. The molecule has 0 N–H and O–H groups in total. The Morgan fingerprint density at radius 3 is 2.33 bits per heavy atom. The average Bonchev–Trinajstić information content (AvgIpc) is 3.12. The summed E-state index contributed by atoms with van der Waals surface area (Å²) in [6.07, 6.45) is 2.42. The molecule has 0 spiro atoms. The Kier molecular flexibility index (Phi) is 4.49. The fourth-order valence-electron chi connectivity index (χ4n) is 3.81. The van der Waals surface area contributed by atoms with Gasteiger partial charge in [0.05, 0.1) is 23.5 Å². The molecule has 1 amide bonds. The summed E-state index contributed by atoms with van der Waals surface area (Å²) in [6.45, 7) is 7.30. The maximum atomic E-state index is 12.8. The molecule has 1 aromatic rings. The number of likely N-dealkylation sites (tertiary alicyclic amines) is 1. The largest absolute Gasteiger partial charge is 0.335 e. The minimum Gasteiger partial charge on any atom is -0.335 e. The van der Waals surface area contributed by atoms with Crippen molar-refractivity contribution in [1.82, 2.24) is 4.90 Å². The molecule has 0 aromatic heterocycles. The molecule has 2 atom stereocenters. The second-order valence-electron chi connectivity index (χ2n) is 8.16. The van der Waals surface area contributed by atoms with Crippen molar-refractivity contribution in [3.05, 3.63) is 35.4 Å². The lowest BCUT2D eigenvalue weighted by Crippen LogP contribution is -2.36. The molecular formula is C19H27NO3S. The van der Waals surface area contributed by atoms with Gasteiger partial charge >= 0.3 is 0 Å². The van der Waals surface area contributed by atoms with E-state index in [1.165, 1.54) is 5.56 Å². The number of amides is 1. The molecule has 0 radical (unpaired) electrons. The van der Waals surface area contributed by atoms with E-state index in [4.69, 9.17) is 0 Å². The molecule has 0 bridgehead atoms. The molecule has 2 saturated heterocycles. The van der Waals surface area contributed by atoms with Crippen molar-refractivity contribution in [2.24, 2.45) is 5.92 Å². The van der Waals surface area contributed by atoms with Gasteiger partial charge in [0.2, 0.25) is 5.91 Å². The van der Waals surface area contributed by atoms with Crippen LogP contribution in [-0.4, -0.2) is 37.3 Å². The zero-order chi connectivity index (χ0) is 17.5. The van der Waals surface area contributed by atoms with Crippen LogP contribution in [0.15, 0.2) is 24.3 Å². The number of hydrogen-bond donors (Lipinski definition) is 0. The van der Waals surface area contributed by atoms with Crippen LogP contribution in [0.3, 0.4) is 0 Å². The minimum absolute atomic E-state index is 0.0258. The third-order valence-corrected chi connectivity index (χ3v) is 7.05. The fourth-order valence-corrected chi connectivity index (χ4v) is 5.54. The molecule has 0 unspecified atom stereocenters. The summed E-state index contributed by atoms with van der Waals surface area (Å²) in [5.74, 6) is -0.136. The van der Waals surface area contributed by atoms with Gasteiger partial charge in [-0.2, -0.15) is 0 Å². The number of sulfone groups is 1. The molecule has 5 heteroatoms. The number of hydrogen-bond acceptors (Lipinski definition) is 3. The molecule has 1 aromatic carbocycles. The first-order valence-electron chi connectivity index (χ1n) is 8.79. The number of carbonyl (C=O) groups excluding carboxylic acids is 1. The zero-order valence-electron chi connectivity index (χ0n) is 14.8. The van der Waals surface area contributed by atoms with Gasteiger partial charge in [0, 0.05) is 6.54 Å². The van der Waals surface area contributed by atoms with E-state index in [0.717, 1.165) is 24.9 Å². The minimum atomic E-state index is -3.02. The van der Waals surface area contributed by atoms with Gasteiger partial charge in [-0.3, -0.25) is 4.79 Å².